The minimum absolute atomic E-state index is 0.428. The summed E-state index contributed by atoms with van der Waals surface area (Å²) in [6.07, 6.45) is 0.178. The zero-order valence-corrected chi connectivity index (χ0v) is 10.5. The Kier molecular flexibility index (Phi) is 5.17. The van der Waals surface area contributed by atoms with Crippen molar-refractivity contribution in [3.63, 3.8) is 0 Å². The Morgan fingerprint density at radius 2 is 2.11 bits per heavy atom. The highest BCUT2D eigenvalue weighted by atomic mass is 16.5. The molecule has 0 spiro atoms. The van der Waals surface area contributed by atoms with E-state index in [-0.39, 0.29) is 0 Å². The number of hydrogen-bond acceptors (Lipinski definition) is 3. The fourth-order valence-electron chi connectivity index (χ4n) is 1.64. The van der Waals surface area contributed by atoms with Gasteiger partial charge in [0.25, 0.3) is 0 Å². The zero-order valence-electron chi connectivity index (χ0n) is 10.5. The average Bonchev–Trinajstić information content (AvgIpc) is 2.28. The molecule has 0 saturated carbocycles. The van der Waals surface area contributed by atoms with Crippen molar-refractivity contribution in [3.8, 4) is 5.75 Å². The summed E-state index contributed by atoms with van der Waals surface area (Å²) in [5, 5.41) is 11.0. The number of rotatable bonds is 6. The minimum atomic E-state index is -1.12. The smallest absolute Gasteiger partial charge is 0.312 e. The van der Waals surface area contributed by atoms with E-state index < -0.39 is 18.3 Å². The predicted octanol–water partition coefficient (Wildman–Crippen LogP) is 1.14. The van der Waals surface area contributed by atoms with Gasteiger partial charge >= 0.3 is 5.97 Å². The first kappa shape index (κ1) is 14.0. The SMILES string of the molecule is COc1ccc(CCNC(=O)CC(=O)O)cc1C. The third-order valence-electron chi connectivity index (χ3n) is 2.51. The molecule has 0 aromatic heterocycles. The first-order chi connectivity index (χ1) is 8.52. The molecule has 0 aliphatic rings. The summed E-state index contributed by atoms with van der Waals surface area (Å²) in [4.78, 5) is 21.4. The van der Waals surface area contributed by atoms with Gasteiger partial charge < -0.3 is 15.2 Å². The molecule has 5 heteroatoms. The van der Waals surface area contributed by atoms with Gasteiger partial charge in [0.2, 0.25) is 5.91 Å². The molecule has 0 atom stereocenters. The third-order valence-corrected chi connectivity index (χ3v) is 2.51. The van der Waals surface area contributed by atoms with E-state index in [1.807, 2.05) is 25.1 Å². The van der Waals surface area contributed by atoms with Crippen molar-refractivity contribution in [2.24, 2.45) is 0 Å². The second kappa shape index (κ2) is 6.64. The van der Waals surface area contributed by atoms with Crippen molar-refractivity contribution < 1.29 is 19.4 Å². The van der Waals surface area contributed by atoms with Crippen LogP contribution in [0.1, 0.15) is 17.5 Å². The quantitative estimate of drug-likeness (QED) is 0.743. The summed E-state index contributed by atoms with van der Waals surface area (Å²) < 4.78 is 5.15. The van der Waals surface area contributed by atoms with Gasteiger partial charge in [-0.3, -0.25) is 9.59 Å². The molecule has 1 rings (SSSR count). The average molecular weight is 251 g/mol. The number of aliphatic carboxylic acids is 1. The van der Waals surface area contributed by atoms with Gasteiger partial charge in [-0.2, -0.15) is 0 Å². The van der Waals surface area contributed by atoms with E-state index in [1.165, 1.54) is 0 Å². The van der Waals surface area contributed by atoms with Crippen LogP contribution in [0.3, 0.4) is 0 Å². The molecule has 18 heavy (non-hydrogen) atoms. The van der Waals surface area contributed by atoms with Crippen LogP contribution in [0.2, 0.25) is 0 Å². The van der Waals surface area contributed by atoms with E-state index in [0.29, 0.717) is 13.0 Å². The molecular weight excluding hydrogens is 234 g/mol. The number of hydrogen-bond donors (Lipinski definition) is 2. The lowest BCUT2D eigenvalue weighted by atomic mass is 10.1. The molecule has 0 aliphatic heterocycles. The van der Waals surface area contributed by atoms with E-state index in [2.05, 4.69) is 5.32 Å². The van der Waals surface area contributed by atoms with Crippen molar-refractivity contribution in [3.05, 3.63) is 29.3 Å². The highest BCUT2D eigenvalue weighted by Gasteiger charge is 2.06. The van der Waals surface area contributed by atoms with Crippen molar-refractivity contribution in [2.45, 2.75) is 19.8 Å². The van der Waals surface area contributed by atoms with Gasteiger partial charge in [0, 0.05) is 6.54 Å². The number of carboxylic acids is 1. The predicted molar refractivity (Wildman–Crippen MR) is 66.7 cm³/mol. The van der Waals surface area contributed by atoms with Crippen LogP contribution in [0.4, 0.5) is 0 Å². The van der Waals surface area contributed by atoms with E-state index in [1.54, 1.807) is 7.11 Å². The topological polar surface area (TPSA) is 75.6 Å². The fourth-order valence-corrected chi connectivity index (χ4v) is 1.64. The first-order valence-corrected chi connectivity index (χ1v) is 5.65. The van der Waals surface area contributed by atoms with E-state index >= 15 is 0 Å². The van der Waals surface area contributed by atoms with Crippen LogP contribution in [0.25, 0.3) is 0 Å². The number of carbonyl (C=O) groups excluding carboxylic acids is 1. The summed E-state index contributed by atoms with van der Waals surface area (Å²) in [6.45, 7) is 2.38. The number of aryl methyl sites for hydroxylation is 1. The van der Waals surface area contributed by atoms with Crippen LogP contribution < -0.4 is 10.1 Å². The molecule has 5 nitrogen and oxygen atoms in total. The lowest BCUT2D eigenvalue weighted by Gasteiger charge is -2.08. The van der Waals surface area contributed by atoms with Crippen LogP contribution in [0.15, 0.2) is 18.2 Å². The van der Waals surface area contributed by atoms with Crippen LogP contribution in [-0.4, -0.2) is 30.6 Å². The normalized spacial score (nSPS) is 9.89. The standard InChI is InChI=1S/C13H17NO4/c1-9-7-10(3-4-11(9)18-2)5-6-14-12(15)8-13(16)17/h3-4,7H,5-6,8H2,1-2H3,(H,14,15)(H,16,17). The first-order valence-electron chi connectivity index (χ1n) is 5.65. The van der Waals surface area contributed by atoms with Crippen LogP contribution in [0, 0.1) is 6.92 Å². The lowest BCUT2D eigenvalue weighted by molar-refractivity contribution is -0.140. The Hall–Kier alpha value is -2.04. The Balaban J connectivity index is 2.42. The van der Waals surface area contributed by atoms with E-state index in [9.17, 15) is 9.59 Å². The molecular formula is C13H17NO4. The van der Waals surface area contributed by atoms with Crippen LogP contribution in [-0.2, 0) is 16.0 Å². The molecule has 0 aliphatic carbocycles. The van der Waals surface area contributed by atoms with Crippen molar-refractivity contribution in [1.82, 2.24) is 5.32 Å². The zero-order chi connectivity index (χ0) is 13.5. The Morgan fingerprint density at radius 3 is 2.67 bits per heavy atom. The summed E-state index contributed by atoms with van der Waals surface area (Å²) >= 11 is 0. The largest absolute Gasteiger partial charge is 0.496 e. The summed E-state index contributed by atoms with van der Waals surface area (Å²) in [5.74, 6) is -0.755. The molecule has 0 saturated heterocycles. The fraction of sp³-hybridized carbons (Fsp3) is 0.385. The Bertz CT molecular complexity index is 443. The molecule has 2 N–H and O–H groups in total. The van der Waals surface area contributed by atoms with Crippen LogP contribution in [0.5, 0.6) is 5.75 Å². The van der Waals surface area contributed by atoms with E-state index in [0.717, 1.165) is 16.9 Å². The van der Waals surface area contributed by atoms with Crippen molar-refractivity contribution in [2.75, 3.05) is 13.7 Å². The van der Waals surface area contributed by atoms with Gasteiger partial charge in [0.15, 0.2) is 0 Å². The second-order valence-corrected chi connectivity index (χ2v) is 3.97. The van der Waals surface area contributed by atoms with Gasteiger partial charge in [-0.1, -0.05) is 12.1 Å². The number of carboxylic acid groups (broad SMARTS) is 1. The Labute approximate surface area is 106 Å². The number of ether oxygens (including phenoxy) is 1. The molecule has 0 fully saturated rings. The number of nitrogens with one attached hydrogen (secondary N) is 1. The molecule has 0 heterocycles. The summed E-state index contributed by atoms with van der Waals surface area (Å²) in [7, 11) is 1.62. The number of methoxy groups -OCH3 is 1. The molecule has 1 aromatic carbocycles. The number of carbonyl (C=O) groups is 2. The number of amides is 1. The van der Waals surface area contributed by atoms with Crippen LogP contribution >= 0.6 is 0 Å². The molecule has 0 unspecified atom stereocenters. The maximum Gasteiger partial charge on any atom is 0.312 e. The maximum atomic E-state index is 11.1. The highest BCUT2D eigenvalue weighted by Crippen LogP contribution is 2.18. The third kappa shape index (κ3) is 4.45. The van der Waals surface area contributed by atoms with Gasteiger partial charge in [-0.05, 0) is 30.5 Å². The monoisotopic (exact) mass is 251 g/mol. The van der Waals surface area contributed by atoms with Crippen molar-refractivity contribution in [1.29, 1.82) is 0 Å². The van der Waals surface area contributed by atoms with Crippen molar-refractivity contribution >= 4 is 11.9 Å². The van der Waals surface area contributed by atoms with Gasteiger partial charge in [0.05, 0.1) is 7.11 Å². The van der Waals surface area contributed by atoms with Gasteiger partial charge in [-0.15, -0.1) is 0 Å². The highest BCUT2D eigenvalue weighted by molar-refractivity contribution is 5.93. The Morgan fingerprint density at radius 1 is 1.39 bits per heavy atom. The summed E-state index contributed by atoms with van der Waals surface area (Å²) in [5.41, 5.74) is 2.11. The van der Waals surface area contributed by atoms with E-state index in [4.69, 9.17) is 9.84 Å². The lowest BCUT2D eigenvalue weighted by Crippen LogP contribution is -2.27. The second-order valence-electron chi connectivity index (χ2n) is 3.97. The van der Waals surface area contributed by atoms with Gasteiger partial charge in [-0.25, -0.2) is 0 Å². The van der Waals surface area contributed by atoms with Gasteiger partial charge in [0.1, 0.15) is 12.2 Å². The molecule has 1 amide bonds. The molecule has 1 aromatic rings. The maximum absolute atomic E-state index is 11.1. The molecule has 98 valence electrons. The molecule has 0 bridgehead atoms. The number of benzene rings is 1. The minimum Gasteiger partial charge on any atom is -0.496 e. The molecule has 0 radical (unpaired) electrons. The summed E-state index contributed by atoms with van der Waals surface area (Å²) in [6, 6.07) is 5.79.